The van der Waals surface area contributed by atoms with Crippen molar-refractivity contribution in [2.24, 2.45) is 5.92 Å². The van der Waals surface area contributed by atoms with Gasteiger partial charge in [-0.05, 0) is 58.4 Å². The smallest absolute Gasteiger partial charge is 0.321 e. The van der Waals surface area contributed by atoms with Gasteiger partial charge in [0.15, 0.2) is 5.65 Å². The molecule has 198 valence electrons. The molecule has 1 saturated carbocycles. The van der Waals surface area contributed by atoms with Crippen molar-refractivity contribution in [1.82, 2.24) is 35.5 Å². The molecule has 3 aromatic heterocycles. The summed E-state index contributed by atoms with van der Waals surface area (Å²) in [5.74, 6) is 1.41. The normalized spacial score (nSPS) is 17.6. The average Bonchev–Trinajstić information content (AvgIpc) is 3.62. The average molecular weight is 511 g/mol. The number of fused-ring (bicyclic) bond motifs is 1. The summed E-state index contributed by atoms with van der Waals surface area (Å²) in [6, 6.07) is 1.49. The molecule has 1 atom stereocenters. The zero-order valence-corrected chi connectivity index (χ0v) is 21.7. The van der Waals surface area contributed by atoms with Gasteiger partial charge in [0.1, 0.15) is 5.75 Å². The highest BCUT2D eigenvalue weighted by molar-refractivity contribution is 5.91. The van der Waals surface area contributed by atoms with Gasteiger partial charge in [0.25, 0.3) is 5.91 Å². The van der Waals surface area contributed by atoms with E-state index in [4.69, 9.17) is 9.47 Å². The molecule has 0 aromatic carbocycles. The largest absolute Gasteiger partial charge is 0.496 e. The van der Waals surface area contributed by atoms with Gasteiger partial charge in [-0.15, -0.1) is 0 Å². The van der Waals surface area contributed by atoms with Gasteiger partial charge in [-0.3, -0.25) is 9.89 Å². The minimum Gasteiger partial charge on any atom is -0.496 e. The first kappa shape index (κ1) is 25.1. The number of carbonyl (C=O) groups excluding carboxylic acids is 1. The first-order valence-electron chi connectivity index (χ1n) is 12.8. The van der Waals surface area contributed by atoms with Gasteiger partial charge >= 0.3 is 6.01 Å². The molecule has 1 amide bonds. The van der Waals surface area contributed by atoms with Gasteiger partial charge in [0.05, 0.1) is 36.4 Å². The predicted octanol–water partition coefficient (Wildman–Crippen LogP) is 2.21. The fourth-order valence-corrected chi connectivity index (χ4v) is 4.34. The number of piperidine rings is 1. The van der Waals surface area contributed by atoms with Crippen LogP contribution < -0.4 is 19.7 Å². The lowest BCUT2D eigenvalue weighted by molar-refractivity contribution is 0.0405. The lowest BCUT2D eigenvalue weighted by Crippen LogP contribution is -2.47. The van der Waals surface area contributed by atoms with Crippen molar-refractivity contribution >= 4 is 22.9 Å². The number of hydrogen-bond acceptors (Lipinski definition) is 10. The number of hydrogen-bond donors (Lipinski definition) is 3. The molecule has 2 fully saturated rings. The summed E-state index contributed by atoms with van der Waals surface area (Å²) in [6.45, 7) is 6.90. The number of anilines is 1. The molecule has 37 heavy (non-hydrogen) atoms. The Bertz CT molecular complexity index is 1260. The van der Waals surface area contributed by atoms with E-state index in [2.05, 4.69) is 35.5 Å². The van der Waals surface area contributed by atoms with E-state index in [-0.39, 0.29) is 17.8 Å². The molecular weight excluding hydrogens is 476 g/mol. The Balaban J connectivity index is 1.34. The summed E-state index contributed by atoms with van der Waals surface area (Å²) in [5, 5.41) is 21.5. The Morgan fingerprint density at radius 3 is 2.68 bits per heavy atom. The minimum absolute atomic E-state index is 0.0237. The maximum absolute atomic E-state index is 13.0. The van der Waals surface area contributed by atoms with Crippen LogP contribution in [0.2, 0.25) is 0 Å². The minimum atomic E-state index is -1.09. The molecule has 12 nitrogen and oxygen atoms in total. The lowest BCUT2D eigenvalue weighted by Gasteiger charge is -2.32. The zero-order chi connectivity index (χ0) is 26.2. The van der Waals surface area contributed by atoms with Gasteiger partial charge in [0, 0.05) is 25.2 Å². The van der Waals surface area contributed by atoms with Crippen LogP contribution in [0.4, 0.5) is 5.95 Å². The maximum atomic E-state index is 13.0. The SMILES string of the molecule is COc1ccnc2n[nH]c(C3CCN(c4nc(OCC5CC5)nc(C(=O)N[C@H](C)C(C)(C)O)n4)CC3)c12. The van der Waals surface area contributed by atoms with Crippen molar-refractivity contribution in [1.29, 1.82) is 0 Å². The first-order chi connectivity index (χ1) is 17.7. The second-order valence-corrected chi connectivity index (χ2v) is 10.5. The number of pyridine rings is 1. The van der Waals surface area contributed by atoms with Crippen LogP contribution in [0.25, 0.3) is 11.0 Å². The number of rotatable bonds is 9. The van der Waals surface area contributed by atoms with E-state index >= 15 is 0 Å². The monoisotopic (exact) mass is 510 g/mol. The number of aliphatic hydroxyl groups is 1. The third-order valence-electron chi connectivity index (χ3n) is 7.21. The molecule has 0 spiro atoms. The molecule has 1 aliphatic heterocycles. The topological polar surface area (TPSA) is 151 Å². The Morgan fingerprint density at radius 1 is 1.24 bits per heavy atom. The van der Waals surface area contributed by atoms with Crippen LogP contribution in [0.5, 0.6) is 11.8 Å². The fraction of sp³-hybridized carbons (Fsp3) is 0.600. The summed E-state index contributed by atoms with van der Waals surface area (Å²) >= 11 is 0. The Morgan fingerprint density at radius 2 is 2.00 bits per heavy atom. The van der Waals surface area contributed by atoms with E-state index in [1.165, 1.54) is 0 Å². The molecule has 4 heterocycles. The van der Waals surface area contributed by atoms with E-state index in [1.807, 2.05) is 11.0 Å². The molecule has 2 aliphatic rings. The number of ether oxygens (including phenoxy) is 2. The Hall–Kier alpha value is -3.54. The Labute approximate surface area is 215 Å². The van der Waals surface area contributed by atoms with Gasteiger partial charge in [0.2, 0.25) is 11.8 Å². The summed E-state index contributed by atoms with van der Waals surface area (Å²) < 4.78 is 11.4. The van der Waals surface area contributed by atoms with Crippen molar-refractivity contribution in [3.05, 3.63) is 23.8 Å². The predicted molar refractivity (Wildman–Crippen MR) is 136 cm³/mol. The highest BCUT2D eigenvalue weighted by Gasteiger charge is 2.30. The number of methoxy groups -OCH3 is 1. The van der Waals surface area contributed by atoms with Crippen LogP contribution in [0.15, 0.2) is 12.3 Å². The van der Waals surface area contributed by atoms with Gasteiger partial charge < -0.3 is 24.8 Å². The molecule has 1 aliphatic carbocycles. The van der Waals surface area contributed by atoms with E-state index in [9.17, 15) is 9.90 Å². The molecule has 5 rings (SSSR count). The maximum Gasteiger partial charge on any atom is 0.321 e. The number of aromatic amines is 1. The molecule has 0 unspecified atom stereocenters. The van der Waals surface area contributed by atoms with Crippen LogP contribution in [-0.2, 0) is 0 Å². The second-order valence-electron chi connectivity index (χ2n) is 10.5. The molecule has 12 heteroatoms. The van der Waals surface area contributed by atoms with E-state index in [1.54, 1.807) is 34.1 Å². The van der Waals surface area contributed by atoms with Crippen molar-refractivity contribution in [2.45, 2.75) is 64.0 Å². The Kier molecular flexibility index (Phi) is 6.84. The number of nitrogens with one attached hydrogen (secondary N) is 2. The number of amides is 1. The summed E-state index contributed by atoms with van der Waals surface area (Å²) in [6.07, 6.45) is 5.61. The second kappa shape index (κ2) is 10.1. The molecule has 0 radical (unpaired) electrons. The first-order valence-corrected chi connectivity index (χ1v) is 12.8. The van der Waals surface area contributed by atoms with E-state index < -0.39 is 17.6 Å². The van der Waals surface area contributed by atoms with Crippen molar-refractivity contribution in [2.75, 3.05) is 31.7 Å². The molecular formula is C25H34N8O4. The quantitative estimate of drug-likeness (QED) is 0.391. The van der Waals surface area contributed by atoms with Crippen LogP contribution in [0, 0.1) is 5.92 Å². The summed E-state index contributed by atoms with van der Waals surface area (Å²) in [4.78, 5) is 32.6. The fourth-order valence-electron chi connectivity index (χ4n) is 4.34. The lowest BCUT2D eigenvalue weighted by atomic mass is 9.92. The molecule has 3 aromatic rings. The van der Waals surface area contributed by atoms with E-state index in [0.717, 1.165) is 42.5 Å². The number of nitrogens with zero attached hydrogens (tertiary/aromatic N) is 6. The molecule has 1 saturated heterocycles. The van der Waals surface area contributed by atoms with Gasteiger partial charge in [-0.25, -0.2) is 4.98 Å². The van der Waals surface area contributed by atoms with Crippen LogP contribution in [-0.4, -0.2) is 79.6 Å². The van der Waals surface area contributed by atoms with Crippen LogP contribution >= 0.6 is 0 Å². The number of aromatic nitrogens is 6. The standard InChI is InChI=1S/C25H34N8O4/c1-14(25(2,3)35)27-22(34)21-28-23(30-24(29-21)37-13-15-5-6-15)33-11-8-16(9-12-33)19-18-17(36-4)7-10-26-20(18)32-31-19/h7,10,14-16,35H,5-6,8-9,11-13H2,1-4H3,(H,27,34)(H,26,31,32)/t14-/m1/s1. The highest BCUT2D eigenvalue weighted by atomic mass is 16.5. The van der Waals surface area contributed by atoms with Gasteiger partial charge in [-0.2, -0.15) is 20.1 Å². The highest BCUT2D eigenvalue weighted by Crippen LogP contribution is 2.36. The molecule has 0 bridgehead atoms. The van der Waals surface area contributed by atoms with Crippen LogP contribution in [0.1, 0.15) is 68.7 Å². The number of H-pyrrole nitrogens is 1. The van der Waals surface area contributed by atoms with Crippen molar-refractivity contribution in [3.63, 3.8) is 0 Å². The van der Waals surface area contributed by atoms with Crippen molar-refractivity contribution in [3.8, 4) is 11.8 Å². The van der Waals surface area contributed by atoms with Crippen LogP contribution in [0.3, 0.4) is 0 Å². The molecule has 3 N–H and O–H groups in total. The number of carbonyl (C=O) groups is 1. The van der Waals surface area contributed by atoms with E-state index in [0.29, 0.717) is 37.2 Å². The van der Waals surface area contributed by atoms with Gasteiger partial charge in [-0.1, -0.05) is 0 Å². The zero-order valence-electron chi connectivity index (χ0n) is 21.7. The third kappa shape index (κ3) is 5.58. The summed E-state index contributed by atoms with van der Waals surface area (Å²) in [7, 11) is 1.65. The summed E-state index contributed by atoms with van der Waals surface area (Å²) in [5.41, 5.74) is 0.570. The van der Waals surface area contributed by atoms with Crippen molar-refractivity contribution < 1.29 is 19.4 Å². The third-order valence-corrected chi connectivity index (χ3v) is 7.21.